The van der Waals surface area contributed by atoms with Gasteiger partial charge >= 0.3 is 0 Å². The highest BCUT2D eigenvalue weighted by molar-refractivity contribution is 6.28. The number of halogens is 1. The first-order valence-corrected chi connectivity index (χ1v) is 7.78. The molecule has 6 nitrogen and oxygen atoms in total. The Kier molecular flexibility index (Phi) is 5.36. The van der Waals surface area contributed by atoms with E-state index >= 15 is 0 Å². The number of hydrogen-bond acceptors (Lipinski definition) is 5. The lowest BCUT2D eigenvalue weighted by Crippen LogP contribution is -2.39. The number of methoxy groups -OCH3 is 1. The summed E-state index contributed by atoms with van der Waals surface area (Å²) in [6, 6.07) is 1.58. The van der Waals surface area contributed by atoms with Crippen LogP contribution < -0.4 is 5.32 Å². The van der Waals surface area contributed by atoms with Crippen molar-refractivity contribution in [2.45, 2.75) is 57.3 Å². The lowest BCUT2D eigenvalue weighted by molar-refractivity contribution is 0.0597. The molecule has 0 radical (unpaired) electrons. The Morgan fingerprint density at radius 3 is 2.55 bits per heavy atom. The minimum atomic E-state index is -1.18. The molecule has 1 aliphatic carbocycles. The second-order valence-corrected chi connectivity index (χ2v) is 6.49. The first kappa shape index (κ1) is 17.1. The van der Waals surface area contributed by atoms with Gasteiger partial charge in [-0.2, -0.15) is 0 Å². The number of carbonyl (C=O) groups is 1. The molecule has 1 fully saturated rings. The predicted octanol–water partition coefficient (Wildman–Crippen LogP) is 2.04. The van der Waals surface area contributed by atoms with Gasteiger partial charge in [0, 0.05) is 13.2 Å². The van der Waals surface area contributed by atoms with Gasteiger partial charge in [0.25, 0.3) is 5.91 Å². The maximum absolute atomic E-state index is 12.3. The Labute approximate surface area is 135 Å². The standard InChI is InChI=1S/C15H22ClN3O3/c1-15(2,21)12-8-11(18-14(16)19-12)13(20)17-9-4-6-10(22-3)7-5-9/h8-10,21H,4-7H2,1-3H3,(H,17,20)/t9-,10-. The summed E-state index contributed by atoms with van der Waals surface area (Å²) in [5, 5.41) is 12.9. The van der Waals surface area contributed by atoms with Crippen LogP contribution in [0.5, 0.6) is 0 Å². The van der Waals surface area contributed by atoms with Gasteiger partial charge in [0.2, 0.25) is 5.28 Å². The van der Waals surface area contributed by atoms with Gasteiger partial charge in [-0.3, -0.25) is 4.79 Å². The molecule has 2 rings (SSSR count). The number of nitrogens with one attached hydrogen (secondary N) is 1. The van der Waals surface area contributed by atoms with Crippen LogP contribution in [-0.2, 0) is 10.3 Å². The van der Waals surface area contributed by atoms with Crippen LogP contribution in [0.25, 0.3) is 0 Å². The lowest BCUT2D eigenvalue weighted by atomic mass is 9.93. The molecule has 22 heavy (non-hydrogen) atoms. The van der Waals surface area contributed by atoms with Gasteiger partial charge in [-0.25, -0.2) is 9.97 Å². The molecule has 0 saturated heterocycles. The van der Waals surface area contributed by atoms with E-state index in [4.69, 9.17) is 16.3 Å². The zero-order chi connectivity index (χ0) is 16.3. The van der Waals surface area contributed by atoms with E-state index in [0.29, 0.717) is 5.69 Å². The molecular weight excluding hydrogens is 306 g/mol. The van der Waals surface area contributed by atoms with Gasteiger partial charge < -0.3 is 15.2 Å². The number of carbonyl (C=O) groups excluding carboxylic acids is 1. The fourth-order valence-corrected chi connectivity index (χ4v) is 2.73. The summed E-state index contributed by atoms with van der Waals surface area (Å²) in [4.78, 5) is 20.2. The average molecular weight is 328 g/mol. The minimum Gasteiger partial charge on any atom is -0.384 e. The third-order valence-electron chi connectivity index (χ3n) is 3.90. The zero-order valence-electron chi connectivity index (χ0n) is 13.1. The molecule has 1 amide bonds. The SMILES string of the molecule is CO[C@H]1CC[C@H](NC(=O)c2cc(C(C)(C)O)nc(Cl)n2)CC1. The molecule has 0 spiro atoms. The molecule has 0 aromatic carbocycles. The van der Waals surface area contributed by atoms with Gasteiger partial charge in [-0.05, 0) is 57.2 Å². The second kappa shape index (κ2) is 6.89. The highest BCUT2D eigenvalue weighted by Crippen LogP contribution is 2.22. The molecule has 0 aliphatic heterocycles. The average Bonchev–Trinajstić information content (AvgIpc) is 2.46. The Hall–Kier alpha value is -1.24. The maximum atomic E-state index is 12.3. The summed E-state index contributed by atoms with van der Waals surface area (Å²) in [6.45, 7) is 3.17. The van der Waals surface area contributed by atoms with Gasteiger partial charge in [0.1, 0.15) is 11.3 Å². The molecule has 0 bridgehead atoms. The maximum Gasteiger partial charge on any atom is 0.270 e. The molecule has 2 N–H and O–H groups in total. The summed E-state index contributed by atoms with van der Waals surface area (Å²) in [7, 11) is 1.71. The molecule has 1 aromatic heterocycles. The largest absolute Gasteiger partial charge is 0.384 e. The number of nitrogens with zero attached hydrogens (tertiary/aromatic N) is 2. The van der Waals surface area contributed by atoms with Crippen molar-refractivity contribution in [1.29, 1.82) is 0 Å². The van der Waals surface area contributed by atoms with Crippen molar-refractivity contribution in [3.63, 3.8) is 0 Å². The summed E-state index contributed by atoms with van der Waals surface area (Å²) >= 11 is 5.85. The normalized spacial score (nSPS) is 22.4. The first-order valence-electron chi connectivity index (χ1n) is 7.40. The van der Waals surface area contributed by atoms with Crippen molar-refractivity contribution in [3.05, 3.63) is 22.7 Å². The third kappa shape index (κ3) is 4.38. The van der Waals surface area contributed by atoms with E-state index in [9.17, 15) is 9.90 Å². The van der Waals surface area contributed by atoms with Gasteiger partial charge in [0.15, 0.2) is 0 Å². The van der Waals surface area contributed by atoms with E-state index in [1.165, 1.54) is 6.07 Å². The van der Waals surface area contributed by atoms with Crippen molar-refractivity contribution in [2.24, 2.45) is 0 Å². The molecule has 1 aromatic rings. The van der Waals surface area contributed by atoms with Gasteiger partial charge in [-0.15, -0.1) is 0 Å². The summed E-state index contributed by atoms with van der Waals surface area (Å²) in [5.74, 6) is -0.296. The third-order valence-corrected chi connectivity index (χ3v) is 4.07. The second-order valence-electron chi connectivity index (χ2n) is 6.15. The van der Waals surface area contributed by atoms with E-state index in [1.54, 1.807) is 21.0 Å². The van der Waals surface area contributed by atoms with Gasteiger partial charge in [0.05, 0.1) is 11.8 Å². The fourth-order valence-electron chi connectivity index (χ4n) is 2.55. The molecule has 0 unspecified atom stereocenters. The summed E-state index contributed by atoms with van der Waals surface area (Å²) in [5.41, 5.74) is -0.690. The zero-order valence-corrected chi connectivity index (χ0v) is 13.9. The van der Waals surface area contributed by atoms with E-state index in [2.05, 4.69) is 15.3 Å². The monoisotopic (exact) mass is 327 g/mol. The number of aromatic nitrogens is 2. The predicted molar refractivity (Wildman–Crippen MR) is 82.8 cm³/mol. The fraction of sp³-hybridized carbons (Fsp3) is 0.667. The highest BCUT2D eigenvalue weighted by atomic mass is 35.5. The van der Waals surface area contributed by atoms with E-state index < -0.39 is 5.60 Å². The van der Waals surface area contributed by atoms with Gasteiger partial charge in [-0.1, -0.05) is 0 Å². The lowest BCUT2D eigenvalue weighted by Gasteiger charge is -2.28. The van der Waals surface area contributed by atoms with Crippen LogP contribution in [0.15, 0.2) is 6.07 Å². The first-order chi connectivity index (χ1) is 10.3. The van der Waals surface area contributed by atoms with Crippen LogP contribution in [0.4, 0.5) is 0 Å². The smallest absolute Gasteiger partial charge is 0.270 e. The number of rotatable bonds is 4. The molecule has 0 atom stereocenters. The molecule has 7 heteroatoms. The van der Waals surface area contributed by atoms with Crippen LogP contribution >= 0.6 is 11.6 Å². The molecule has 122 valence electrons. The quantitative estimate of drug-likeness (QED) is 0.827. The molecule has 1 aliphatic rings. The van der Waals surface area contributed by atoms with E-state index in [0.717, 1.165) is 25.7 Å². The van der Waals surface area contributed by atoms with Crippen LogP contribution in [0.3, 0.4) is 0 Å². The number of hydrogen-bond donors (Lipinski definition) is 2. The van der Waals surface area contributed by atoms with Crippen molar-refractivity contribution in [1.82, 2.24) is 15.3 Å². The number of amides is 1. The van der Waals surface area contributed by atoms with Crippen molar-refractivity contribution < 1.29 is 14.6 Å². The van der Waals surface area contributed by atoms with E-state index in [-0.39, 0.29) is 29.0 Å². The topological polar surface area (TPSA) is 84.3 Å². The highest BCUT2D eigenvalue weighted by Gasteiger charge is 2.25. The minimum absolute atomic E-state index is 0.0483. The van der Waals surface area contributed by atoms with Crippen molar-refractivity contribution >= 4 is 17.5 Å². The molecule has 1 heterocycles. The molecule has 1 saturated carbocycles. The van der Waals surface area contributed by atoms with Crippen molar-refractivity contribution in [2.75, 3.05) is 7.11 Å². The molecular formula is C15H22ClN3O3. The van der Waals surface area contributed by atoms with E-state index in [1.807, 2.05) is 0 Å². The number of aliphatic hydroxyl groups is 1. The van der Waals surface area contributed by atoms with Crippen LogP contribution in [0, 0.1) is 0 Å². The van der Waals surface area contributed by atoms with Crippen LogP contribution in [0.1, 0.15) is 55.7 Å². The summed E-state index contributed by atoms with van der Waals surface area (Å²) in [6.07, 6.45) is 3.90. The Morgan fingerprint density at radius 2 is 2.00 bits per heavy atom. The summed E-state index contributed by atoms with van der Waals surface area (Å²) < 4.78 is 5.32. The van der Waals surface area contributed by atoms with Crippen molar-refractivity contribution in [3.8, 4) is 0 Å². The number of ether oxygens (including phenoxy) is 1. The van der Waals surface area contributed by atoms with Crippen LogP contribution in [-0.4, -0.2) is 40.2 Å². The Balaban J connectivity index is 2.05. The van der Waals surface area contributed by atoms with Crippen LogP contribution in [0.2, 0.25) is 5.28 Å². The Bertz CT molecular complexity index is 537. The Morgan fingerprint density at radius 1 is 1.36 bits per heavy atom.